The zero-order valence-electron chi connectivity index (χ0n) is 10.5. The van der Waals surface area contributed by atoms with E-state index in [4.69, 9.17) is 4.74 Å². The number of hydrogen-bond acceptors (Lipinski definition) is 3. The molecule has 4 heteroatoms. The molecule has 0 radical (unpaired) electrons. The number of amides is 1. The summed E-state index contributed by atoms with van der Waals surface area (Å²) in [5.41, 5.74) is 2.08. The first kappa shape index (κ1) is 13.5. The maximum atomic E-state index is 10.7. The first-order chi connectivity index (χ1) is 8.00. The van der Waals surface area contributed by atoms with E-state index in [0.29, 0.717) is 0 Å². The third-order valence-electron chi connectivity index (χ3n) is 2.42. The van der Waals surface area contributed by atoms with Gasteiger partial charge < -0.3 is 15.2 Å². The number of hydrogen-bond donors (Lipinski definition) is 2. The predicted octanol–water partition coefficient (Wildman–Crippen LogP) is 1.18. The quantitative estimate of drug-likeness (QED) is 0.808. The van der Waals surface area contributed by atoms with Gasteiger partial charge in [0.2, 0.25) is 5.91 Å². The van der Waals surface area contributed by atoms with Gasteiger partial charge >= 0.3 is 0 Å². The van der Waals surface area contributed by atoms with Gasteiger partial charge in [0.05, 0.1) is 0 Å². The number of para-hydroxylation sites is 1. The Morgan fingerprint density at radius 2 is 2.00 bits per heavy atom. The molecule has 0 heterocycles. The molecule has 0 aliphatic heterocycles. The molecule has 0 aliphatic rings. The van der Waals surface area contributed by atoms with E-state index in [1.165, 1.54) is 6.92 Å². The summed E-state index contributed by atoms with van der Waals surface area (Å²) in [6.07, 6.45) is -0.696. The van der Waals surface area contributed by atoms with Crippen LogP contribution in [0.3, 0.4) is 0 Å². The van der Waals surface area contributed by atoms with E-state index in [9.17, 15) is 9.90 Å². The van der Waals surface area contributed by atoms with E-state index < -0.39 is 6.10 Å². The lowest BCUT2D eigenvalue weighted by Crippen LogP contribution is -2.34. The summed E-state index contributed by atoms with van der Waals surface area (Å²) < 4.78 is 5.56. The zero-order valence-corrected chi connectivity index (χ0v) is 10.5. The summed E-state index contributed by atoms with van der Waals surface area (Å²) in [5.74, 6) is 0.644. The Morgan fingerprint density at radius 3 is 2.53 bits per heavy atom. The highest BCUT2D eigenvalue weighted by atomic mass is 16.5. The van der Waals surface area contributed by atoms with Crippen LogP contribution in [0.2, 0.25) is 0 Å². The van der Waals surface area contributed by atoms with E-state index in [1.807, 2.05) is 32.0 Å². The third kappa shape index (κ3) is 4.44. The van der Waals surface area contributed by atoms with E-state index >= 15 is 0 Å². The van der Waals surface area contributed by atoms with E-state index in [0.717, 1.165) is 16.9 Å². The van der Waals surface area contributed by atoms with E-state index in [-0.39, 0.29) is 19.1 Å². The smallest absolute Gasteiger partial charge is 0.216 e. The highest BCUT2D eigenvalue weighted by Crippen LogP contribution is 2.22. The summed E-state index contributed by atoms with van der Waals surface area (Å²) >= 11 is 0. The fraction of sp³-hybridized carbons (Fsp3) is 0.462. The Bertz CT molecular complexity index is 370. The van der Waals surface area contributed by atoms with Gasteiger partial charge in [0.15, 0.2) is 0 Å². The maximum Gasteiger partial charge on any atom is 0.216 e. The molecule has 4 nitrogen and oxygen atoms in total. The molecular weight excluding hydrogens is 218 g/mol. The van der Waals surface area contributed by atoms with Gasteiger partial charge in [-0.25, -0.2) is 0 Å². The fourth-order valence-electron chi connectivity index (χ4n) is 1.53. The first-order valence-corrected chi connectivity index (χ1v) is 5.62. The molecule has 0 saturated heterocycles. The number of aliphatic hydroxyl groups excluding tert-OH is 1. The molecule has 1 unspecified atom stereocenters. The topological polar surface area (TPSA) is 58.6 Å². The number of ether oxygens (including phenoxy) is 1. The van der Waals surface area contributed by atoms with Crippen LogP contribution in [0.5, 0.6) is 5.75 Å². The summed E-state index contributed by atoms with van der Waals surface area (Å²) in [6.45, 7) is 5.72. The molecule has 1 aromatic carbocycles. The summed E-state index contributed by atoms with van der Waals surface area (Å²) in [7, 11) is 0. The summed E-state index contributed by atoms with van der Waals surface area (Å²) in [6, 6.07) is 5.89. The van der Waals surface area contributed by atoms with Gasteiger partial charge in [-0.15, -0.1) is 0 Å². The Kier molecular flexibility index (Phi) is 4.97. The van der Waals surface area contributed by atoms with Crippen LogP contribution in [0.15, 0.2) is 18.2 Å². The molecule has 0 fully saturated rings. The number of nitrogens with one attached hydrogen (secondary N) is 1. The second kappa shape index (κ2) is 6.25. The van der Waals surface area contributed by atoms with E-state index in [2.05, 4.69) is 5.32 Å². The fourth-order valence-corrected chi connectivity index (χ4v) is 1.53. The molecule has 1 rings (SSSR count). The largest absolute Gasteiger partial charge is 0.490 e. The highest BCUT2D eigenvalue weighted by molar-refractivity contribution is 5.72. The van der Waals surface area contributed by atoms with Crippen LogP contribution >= 0.6 is 0 Å². The second-order valence-electron chi connectivity index (χ2n) is 4.12. The van der Waals surface area contributed by atoms with Gasteiger partial charge in [-0.05, 0) is 25.0 Å². The molecule has 0 aliphatic carbocycles. The highest BCUT2D eigenvalue weighted by Gasteiger charge is 2.08. The number of aryl methyl sites for hydroxylation is 2. The molecule has 17 heavy (non-hydrogen) atoms. The molecule has 1 aromatic rings. The molecular formula is C13H19NO3. The number of carbonyl (C=O) groups excluding carboxylic acids is 1. The minimum Gasteiger partial charge on any atom is -0.490 e. The number of benzene rings is 1. The van der Waals surface area contributed by atoms with Gasteiger partial charge in [-0.1, -0.05) is 18.2 Å². The summed E-state index contributed by atoms with van der Waals surface area (Å²) in [5, 5.41) is 12.1. The van der Waals surface area contributed by atoms with Crippen molar-refractivity contribution in [1.82, 2.24) is 5.32 Å². The number of carbonyl (C=O) groups is 1. The van der Waals surface area contributed by atoms with Crippen LogP contribution in [0.1, 0.15) is 18.1 Å². The van der Waals surface area contributed by atoms with Crippen molar-refractivity contribution in [3.8, 4) is 5.75 Å². The SMILES string of the molecule is CC(=O)NCC(O)COc1c(C)cccc1C. The lowest BCUT2D eigenvalue weighted by Gasteiger charge is -2.15. The number of aliphatic hydroxyl groups is 1. The molecule has 1 atom stereocenters. The molecule has 0 aromatic heterocycles. The van der Waals surface area contributed by atoms with Crippen molar-refractivity contribution in [2.75, 3.05) is 13.2 Å². The van der Waals surface area contributed by atoms with Crippen molar-refractivity contribution in [3.05, 3.63) is 29.3 Å². The molecule has 2 N–H and O–H groups in total. The van der Waals surface area contributed by atoms with E-state index in [1.54, 1.807) is 0 Å². The average Bonchev–Trinajstić information content (AvgIpc) is 2.25. The first-order valence-electron chi connectivity index (χ1n) is 5.62. The molecule has 0 bridgehead atoms. The van der Waals surface area contributed by atoms with Crippen molar-refractivity contribution < 1.29 is 14.6 Å². The minimum absolute atomic E-state index is 0.156. The normalized spacial score (nSPS) is 12.0. The number of rotatable bonds is 5. The second-order valence-corrected chi connectivity index (χ2v) is 4.12. The molecule has 1 amide bonds. The maximum absolute atomic E-state index is 10.7. The average molecular weight is 237 g/mol. The molecule has 0 saturated carbocycles. The standard InChI is InChI=1S/C13H19NO3/c1-9-5-4-6-10(2)13(9)17-8-12(16)7-14-11(3)15/h4-6,12,16H,7-8H2,1-3H3,(H,14,15). The molecule has 94 valence electrons. The van der Waals surface area contributed by atoms with Gasteiger partial charge in [-0.2, -0.15) is 0 Å². The Labute approximate surface area is 102 Å². The lowest BCUT2D eigenvalue weighted by molar-refractivity contribution is -0.119. The van der Waals surface area contributed by atoms with Crippen molar-refractivity contribution in [3.63, 3.8) is 0 Å². The third-order valence-corrected chi connectivity index (χ3v) is 2.42. The van der Waals surface area contributed by atoms with Crippen LogP contribution in [0.25, 0.3) is 0 Å². The molecule has 0 spiro atoms. The van der Waals surface area contributed by atoms with Crippen molar-refractivity contribution in [1.29, 1.82) is 0 Å². The van der Waals surface area contributed by atoms with Crippen molar-refractivity contribution in [2.45, 2.75) is 26.9 Å². The van der Waals surface area contributed by atoms with Crippen molar-refractivity contribution in [2.24, 2.45) is 0 Å². The predicted molar refractivity (Wildman–Crippen MR) is 66.1 cm³/mol. The Balaban J connectivity index is 2.47. The Hall–Kier alpha value is -1.55. The minimum atomic E-state index is -0.696. The summed E-state index contributed by atoms with van der Waals surface area (Å²) in [4.78, 5) is 10.7. The van der Waals surface area contributed by atoms with Crippen LogP contribution in [0, 0.1) is 13.8 Å². The Morgan fingerprint density at radius 1 is 1.41 bits per heavy atom. The van der Waals surface area contributed by atoms with Gasteiger partial charge in [0, 0.05) is 13.5 Å². The zero-order chi connectivity index (χ0) is 12.8. The lowest BCUT2D eigenvalue weighted by atomic mass is 10.1. The van der Waals surface area contributed by atoms with Crippen molar-refractivity contribution >= 4 is 5.91 Å². The van der Waals surface area contributed by atoms with Crippen LogP contribution < -0.4 is 10.1 Å². The van der Waals surface area contributed by atoms with Crippen LogP contribution in [0.4, 0.5) is 0 Å². The van der Waals surface area contributed by atoms with Gasteiger partial charge in [0.25, 0.3) is 0 Å². The monoisotopic (exact) mass is 237 g/mol. The van der Waals surface area contributed by atoms with Crippen LogP contribution in [-0.2, 0) is 4.79 Å². The van der Waals surface area contributed by atoms with Gasteiger partial charge in [-0.3, -0.25) is 4.79 Å². The van der Waals surface area contributed by atoms with Crippen LogP contribution in [-0.4, -0.2) is 30.3 Å². The van der Waals surface area contributed by atoms with Gasteiger partial charge in [0.1, 0.15) is 18.5 Å².